The molecule has 1 saturated carbocycles. The highest BCUT2D eigenvalue weighted by atomic mass is 32.2. The second kappa shape index (κ2) is 13.6. The van der Waals surface area contributed by atoms with E-state index in [0.29, 0.717) is 29.8 Å². The van der Waals surface area contributed by atoms with Gasteiger partial charge in [0, 0.05) is 6.42 Å². The molecule has 0 radical (unpaired) electrons. The zero-order chi connectivity index (χ0) is 24.3. The minimum atomic E-state index is -0.473. The van der Waals surface area contributed by atoms with E-state index in [2.05, 4.69) is 10.3 Å². The number of nitrogens with two attached hydrogens (primary N) is 1. The van der Waals surface area contributed by atoms with E-state index in [9.17, 15) is 9.59 Å². The maximum Gasteiger partial charge on any atom is 0.231 e. The number of ether oxygens (including phenoxy) is 2. The lowest BCUT2D eigenvalue weighted by molar-refractivity contribution is -0.122. The van der Waals surface area contributed by atoms with Crippen molar-refractivity contribution in [2.24, 2.45) is 22.6 Å². The lowest BCUT2D eigenvalue weighted by Gasteiger charge is -2.26. The third-order valence-corrected chi connectivity index (χ3v) is 7.91. The van der Waals surface area contributed by atoms with E-state index in [4.69, 9.17) is 15.2 Å². The first-order valence-corrected chi connectivity index (χ1v) is 13.6. The molecule has 1 amide bonds. The number of amides is 1. The smallest absolute Gasteiger partial charge is 0.231 e. The van der Waals surface area contributed by atoms with Crippen LogP contribution in [-0.4, -0.2) is 49.4 Å². The van der Waals surface area contributed by atoms with E-state index < -0.39 is 6.04 Å². The Labute approximate surface area is 207 Å². The summed E-state index contributed by atoms with van der Waals surface area (Å²) in [5, 5.41) is 2.68. The zero-order valence-corrected chi connectivity index (χ0v) is 21.3. The largest absolute Gasteiger partial charge is 0.493 e. The molecule has 0 bridgehead atoms. The van der Waals surface area contributed by atoms with Gasteiger partial charge in [0.1, 0.15) is 6.04 Å². The predicted octanol–water partition coefficient (Wildman–Crippen LogP) is 4.12. The maximum absolute atomic E-state index is 13.2. The molecule has 3 rings (SSSR count). The van der Waals surface area contributed by atoms with Crippen molar-refractivity contribution in [3.8, 4) is 11.5 Å². The van der Waals surface area contributed by atoms with Crippen LogP contribution >= 0.6 is 11.8 Å². The van der Waals surface area contributed by atoms with E-state index in [-0.39, 0.29) is 24.1 Å². The number of benzene rings is 1. The zero-order valence-electron chi connectivity index (χ0n) is 20.5. The van der Waals surface area contributed by atoms with Crippen molar-refractivity contribution >= 4 is 29.4 Å². The van der Waals surface area contributed by atoms with Crippen molar-refractivity contribution in [1.29, 1.82) is 0 Å². The van der Waals surface area contributed by atoms with Crippen molar-refractivity contribution < 1.29 is 19.1 Å². The number of hydrogen-bond donors (Lipinski definition) is 2. The molecule has 2 aliphatic rings. The normalized spacial score (nSPS) is 18.8. The van der Waals surface area contributed by atoms with Gasteiger partial charge in [-0.25, -0.2) is 4.99 Å². The molecule has 1 heterocycles. The summed E-state index contributed by atoms with van der Waals surface area (Å²) < 4.78 is 10.6. The van der Waals surface area contributed by atoms with Gasteiger partial charge in [0.25, 0.3) is 0 Å². The number of methoxy groups -OCH3 is 2. The Kier molecular flexibility index (Phi) is 10.6. The van der Waals surface area contributed by atoms with Gasteiger partial charge >= 0.3 is 0 Å². The molecule has 1 aromatic rings. The number of nitrogens with one attached hydrogen (secondary N) is 1. The Hall–Kier alpha value is -2.22. The number of Topliss-reactive ketones (excluding diaryl/α,β-unsaturated/α-hetero) is 1. The van der Waals surface area contributed by atoms with Crippen LogP contribution in [0, 0.1) is 11.8 Å². The van der Waals surface area contributed by atoms with E-state index in [1.807, 2.05) is 17.8 Å². The highest BCUT2D eigenvalue weighted by Crippen LogP contribution is 2.31. The lowest BCUT2D eigenvalue weighted by Crippen LogP contribution is -2.40. The van der Waals surface area contributed by atoms with Gasteiger partial charge in [-0.05, 0) is 60.3 Å². The Balaban J connectivity index is 1.63. The Morgan fingerprint density at radius 3 is 2.44 bits per heavy atom. The Morgan fingerprint density at radius 2 is 1.76 bits per heavy atom. The fourth-order valence-electron chi connectivity index (χ4n) is 4.93. The maximum atomic E-state index is 13.2. The fourth-order valence-corrected chi connectivity index (χ4v) is 6.13. The van der Waals surface area contributed by atoms with Crippen molar-refractivity contribution in [2.75, 3.05) is 25.7 Å². The van der Waals surface area contributed by atoms with Gasteiger partial charge in [0.2, 0.25) is 5.91 Å². The molecule has 188 valence electrons. The third kappa shape index (κ3) is 8.22. The van der Waals surface area contributed by atoms with E-state index in [1.54, 1.807) is 26.4 Å². The fraction of sp³-hybridized carbons (Fsp3) is 0.654. The summed E-state index contributed by atoms with van der Waals surface area (Å²) >= 11 is 1.96. The molecule has 3 N–H and O–H groups in total. The van der Waals surface area contributed by atoms with Crippen LogP contribution in [0.2, 0.25) is 0 Å². The average molecular weight is 490 g/mol. The number of rotatable bonds is 10. The van der Waals surface area contributed by atoms with E-state index in [1.165, 1.54) is 19.3 Å². The Morgan fingerprint density at radius 1 is 1.06 bits per heavy atom. The van der Waals surface area contributed by atoms with Crippen LogP contribution in [0.15, 0.2) is 23.2 Å². The topological polar surface area (TPSA) is 103 Å². The summed E-state index contributed by atoms with van der Waals surface area (Å²) in [5.41, 5.74) is 6.90. The average Bonchev–Trinajstić information content (AvgIpc) is 2.84. The monoisotopic (exact) mass is 489 g/mol. The van der Waals surface area contributed by atoms with E-state index in [0.717, 1.165) is 49.2 Å². The summed E-state index contributed by atoms with van der Waals surface area (Å²) in [6.07, 6.45) is 9.59. The van der Waals surface area contributed by atoms with E-state index >= 15 is 0 Å². The molecule has 34 heavy (non-hydrogen) atoms. The second-order valence-corrected chi connectivity index (χ2v) is 10.6. The highest BCUT2D eigenvalue weighted by Gasteiger charge is 2.27. The lowest BCUT2D eigenvalue weighted by atomic mass is 9.82. The molecule has 1 atom stereocenters. The second-order valence-electron chi connectivity index (χ2n) is 9.41. The van der Waals surface area contributed by atoms with Gasteiger partial charge in [0.15, 0.2) is 23.2 Å². The highest BCUT2D eigenvalue weighted by molar-refractivity contribution is 7.99. The molecule has 7 nitrogen and oxygen atoms in total. The molecule has 1 aliphatic carbocycles. The molecular formula is C26H39N3O4S. The number of carbonyl (C=O) groups excluding carboxylic acids is 2. The summed E-state index contributed by atoms with van der Waals surface area (Å²) in [7, 11) is 3.13. The van der Waals surface area contributed by atoms with Crippen LogP contribution in [0.4, 0.5) is 0 Å². The van der Waals surface area contributed by atoms with Gasteiger partial charge in [-0.3, -0.25) is 14.9 Å². The van der Waals surface area contributed by atoms with Crippen LogP contribution in [0.3, 0.4) is 0 Å². The first-order chi connectivity index (χ1) is 16.5. The number of aliphatic imine (C=N–C) groups is 1. The summed E-state index contributed by atoms with van der Waals surface area (Å²) in [6.45, 7) is 0. The van der Waals surface area contributed by atoms with Gasteiger partial charge in [-0.1, -0.05) is 38.2 Å². The molecule has 0 spiro atoms. The van der Waals surface area contributed by atoms with Crippen molar-refractivity contribution in [3.05, 3.63) is 23.8 Å². The number of ketones is 1. The Bertz CT molecular complexity index is 848. The van der Waals surface area contributed by atoms with Crippen molar-refractivity contribution in [3.63, 3.8) is 0 Å². The van der Waals surface area contributed by atoms with Gasteiger partial charge in [-0.2, -0.15) is 11.8 Å². The molecule has 0 unspecified atom stereocenters. The van der Waals surface area contributed by atoms with Crippen LogP contribution in [0.5, 0.6) is 11.5 Å². The number of thioether (sulfide) groups is 1. The molecule has 1 saturated heterocycles. The molecule has 1 aromatic carbocycles. The minimum Gasteiger partial charge on any atom is -0.493 e. The number of guanidine groups is 1. The van der Waals surface area contributed by atoms with Crippen LogP contribution < -0.4 is 20.5 Å². The molecule has 1 aliphatic heterocycles. The van der Waals surface area contributed by atoms with Crippen molar-refractivity contribution in [2.45, 2.75) is 70.3 Å². The van der Waals surface area contributed by atoms with Gasteiger partial charge < -0.3 is 15.2 Å². The number of carbonyl (C=O) groups is 2. The SMILES string of the molecule is COc1ccc(CC(=O)NC(N)=N[C@H](CC2CCCCC2)C(=O)CC2CCSCC2)cc1OC. The first kappa shape index (κ1) is 26.4. The van der Waals surface area contributed by atoms with Crippen LogP contribution in [-0.2, 0) is 16.0 Å². The van der Waals surface area contributed by atoms with Gasteiger partial charge in [-0.15, -0.1) is 0 Å². The predicted molar refractivity (Wildman–Crippen MR) is 138 cm³/mol. The van der Waals surface area contributed by atoms with Crippen molar-refractivity contribution in [1.82, 2.24) is 5.32 Å². The number of hydrogen-bond acceptors (Lipinski definition) is 6. The van der Waals surface area contributed by atoms with Crippen LogP contribution in [0.25, 0.3) is 0 Å². The first-order valence-electron chi connectivity index (χ1n) is 12.4. The standard InChI is InChI=1S/C26H39N3O4S/c1-32-23-9-8-20(16-24(23)33-2)17-25(31)29-26(27)28-21(14-18-6-4-3-5-7-18)22(30)15-19-10-12-34-13-11-19/h8-9,16,18-19,21H,3-7,10-15,17H2,1-2H3,(H3,27,28,29,31)/t21-/m1/s1. The third-order valence-electron chi connectivity index (χ3n) is 6.86. The summed E-state index contributed by atoms with van der Waals surface area (Å²) in [4.78, 5) is 30.4. The molecule has 0 aromatic heterocycles. The minimum absolute atomic E-state index is 0.0267. The van der Waals surface area contributed by atoms with Gasteiger partial charge in [0.05, 0.1) is 20.6 Å². The molecule has 2 fully saturated rings. The molecule has 8 heteroatoms. The summed E-state index contributed by atoms with van der Waals surface area (Å²) in [5.74, 6) is 4.29. The quantitative estimate of drug-likeness (QED) is 0.379. The van der Waals surface area contributed by atoms with Crippen LogP contribution in [0.1, 0.15) is 63.4 Å². The molecular weight excluding hydrogens is 450 g/mol. The summed E-state index contributed by atoms with van der Waals surface area (Å²) in [6, 6.07) is 4.87. The number of nitrogens with zero attached hydrogens (tertiary/aromatic N) is 1.